The molecule has 1 aromatic rings. The van der Waals surface area contributed by atoms with Crippen LogP contribution in [0.3, 0.4) is 0 Å². The maximum absolute atomic E-state index is 13.0. The van der Waals surface area contributed by atoms with Gasteiger partial charge in [-0.15, -0.1) is 0 Å². The van der Waals surface area contributed by atoms with E-state index >= 15 is 0 Å². The van der Waals surface area contributed by atoms with Crippen molar-refractivity contribution in [2.24, 2.45) is 4.99 Å². The van der Waals surface area contributed by atoms with Crippen molar-refractivity contribution in [3.05, 3.63) is 30.1 Å². The highest BCUT2D eigenvalue weighted by Gasteiger charge is 2.43. The van der Waals surface area contributed by atoms with Crippen molar-refractivity contribution in [2.45, 2.75) is 12.2 Å². The number of nitrogens with zero attached hydrogens (tertiary/aromatic N) is 3. The topological polar surface area (TPSA) is 99.1 Å². The van der Waals surface area contributed by atoms with Gasteiger partial charge in [0.2, 0.25) is 10.0 Å². The lowest BCUT2D eigenvalue weighted by molar-refractivity contribution is -0.118. The smallest absolute Gasteiger partial charge is 0.347 e. The number of anilines is 1. The second-order valence-corrected chi connectivity index (χ2v) is 7.85. The summed E-state index contributed by atoms with van der Waals surface area (Å²) in [6, 6.07) is 5.12. The molecule has 134 valence electrons. The van der Waals surface area contributed by atoms with Gasteiger partial charge in [0, 0.05) is 37.6 Å². The molecule has 0 radical (unpaired) electrons. The van der Waals surface area contributed by atoms with Crippen LogP contribution in [0.5, 0.6) is 0 Å². The van der Waals surface area contributed by atoms with E-state index in [1.165, 1.54) is 23.4 Å². The number of carbonyl (C=O) groups excluding carboxylic acids is 2. The number of carbonyl (C=O) groups is 2. The van der Waals surface area contributed by atoms with E-state index in [-0.39, 0.29) is 24.6 Å². The van der Waals surface area contributed by atoms with Gasteiger partial charge < -0.3 is 4.90 Å². The van der Waals surface area contributed by atoms with Crippen LogP contribution in [-0.2, 0) is 14.8 Å². The molecule has 2 aliphatic rings. The number of hydrogen-bond donors (Lipinski definition) is 1. The van der Waals surface area contributed by atoms with Crippen LogP contribution >= 0.6 is 0 Å². The summed E-state index contributed by atoms with van der Waals surface area (Å²) in [5.74, 6) is -1.21. The number of sulfonamides is 1. The Balaban J connectivity index is 1.73. The first-order chi connectivity index (χ1) is 11.8. The molecule has 2 aliphatic heterocycles. The number of benzene rings is 1. The number of nitrogens with one attached hydrogen (secondary N) is 1. The Morgan fingerprint density at radius 1 is 1.12 bits per heavy atom. The van der Waals surface area contributed by atoms with E-state index in [4.69, 9.17) is 0 Å². The first-order valence-corrected chi connectivity index (χ1v) is 9.19. The summed E-state index contributed by atoms with van der Waals surface area (Å²) in [6.45, 7) is 2.55. The van der Waals surface area contributed by atoms with Crippen molar-refractivity contribution in [1.82, 2.24) is 9.62 Å². The van der Waals surface area contributed by atoms with E-state index in [0.717, 1.165) is 5.69 Å². The zero-order valence-corrected chi connectivity index (χ0v) is 14.3. The number of hydrogen-bond acceptors (Lipinski definition) is 5. The van der Waals surface area contributed by atoms with Gasteiger partial charge in [0.15, 0.2) is 5.25 Å². The lowest BCUT2D eigenvalue weighted by Gasteiger charge is -2.37. The number of urea groups is 1. The number of rotatable bonds is 3. The van der Waals surface area contributed by atoms with Crippen LogP contribution in [0, 0.1) is 5.82 Å². The van der Waals surface area contributed by atoms with Crippen molar-refractivity contribution in [3.8, 4) is 0 Å². The van der Waals surface area contributed by atoms with Crippen LogP contribution in [0.25, 0.3) is 0 Å². The quantitative estimate of drug-likeness (QED) is 0.830. The fourth-order valence-corrected chi connectivity index (χ4v) is 4.74. The maximum Gasteiger partial charge on any atom is 0.347 e. The molecule has 3 amide bonds. The zero-order chi connectivity index (χ0) is 18.2. The summed E-state index contributed by atoms with van der Waals surface area (Å²) in [7, 11) is -3.97. The average molecular weight is 368 g/mol. The van der Waals surface area contributed by atoms with Crippen molar-refractivity contribution in [3.63, 3.8) is 0 Å². The Morgan fingerprint density at radius 2 is 1.72 bits per heavy atom. The summed E-state index contributed by atoms with van der Waals surface area (Å²) < 4.78 is 39.7. The molecule has 1 saturated heterocycles. The van der Waals surface area contributed by atoms with Crippen LogP contribution in [0.4, 0.5) is 14.9 Å². The molecule has 0 bridgehead atoms. The monoisotopic (exact) mass is 368 g/mol. The molecule has 25 heavy (non-hydrogen) atoms. The summed E-state index contributed by atoms with van der Waals surface area (Å²) in [6.07, 6.45) is 0. The second kappa shape index (κ2) is 6.52. The van der Waals surface area contributed by atoms with E-state index in [0.29, 0.717) is 13.1 Å². The summed E-state index contributed by atoms with van der Waals surface area (Å²) in [4.78, 5) is 28.6. The maximum atomic E-state index is 13.0. The van der Waals surface area contributed by atoms with E-state index in [9.17, 15) is 22.4 Å². The molecule has 8 nitrogen and oxygen atoms in total. The standard InChI is InChI=1S/C15H17FN4O4S/c1-10-13(14(21)18-15(22)17-10)25(23,24)20-8-6-19(7-9-20)12-4-2-11(16)3-5-12/h2-5,13H,6-9H2,1H3,(H,18,21,22). The third-order valence-corrected chi connectivity index (χ3v) is 6.45. The van der Waals surface area contributed by atoms with Crippen LogP contribution < -0.4 is 10.2 Å². The van der Waals surface area contributed by atoms with E-state index < -0.39 is 27.2 Å². The van der Waals surface area contributed by atoms with Gasteiger partial charge >= 0.3 is 6.03 Å². The Hall–Kier alpha value is -2.33. The molecule has 1 unspecified atom stereocenters. The molecule has 1 fully saturated rings. The Morgan fingerprint density at radius 3 is 2.28 bits per heavy atom. The fraction of sp³-hybridized carbons (Fsp3) is 0.400. The van der Waals surface area contributed by atoms with Crippen LogP contribution in [-0.4, -0.2) is 61.8 Å². The molecule has 0 saturated carbocycles. The Labute approximate surface area is 144 Å². The minimum atomic E-state index is -3.97. The highest BCUT2D eigenvalue weighted by atomic mass is 32.2. The van der Waals surface area contributed by atoms with E-state index in [1.807, 2.05) is 10.2 Å². The number of imide groups is 1. The molecule has 1 aromatic carbocycles. The van der Waals surface area contributed by atoms with E-state index in [1.54, 1.807) is 12.1 Å². The molecule has 0 aromatic heterocycles. The van der Waals surface area contributed by atoms with Gasteiger partial charge in [-0.25, -0.2) is 22.6 Å². The first-order valence-electron chi connectivity index (χ1n) is 7.68. The SMILES string of the molecule is CC1=NC(=O)NC(=O)C1S(=O)(=O)N1CCN(c2ccc(F)cc2)CC1. The van der Waals surface area contributed by atoms with Crippen LogP contribution in [0.15, 0.2) is 29.3 Å². The predicted molar refractivity (Wildman–Crippen MR) is 89.5 cm³/mol. The summed E-state index contributed by atoms with van der Waals surface area (Å²) in [5.41, 5.74) is 0.770. The summed E-state index contributed by atoms with van der Waals surface area (Å²) in [5, 5.41) is 0.444. The van der Waals surface area contributed by atoms with Crippen molar-refractivity contribution >= 4 is 33.4 Å². The minimum Gasteiger partial charge on any atom is -0.369 e. The second-order valence-electron chi connectivity index (χ2n) is 5.84. The number of halogens is 1. The molecule has 1 atom stereocenters. The molecular weight excluding hydrogens is 351 g/mol. The molecule has 2 heterocycles. The Bertz CT molecular complexity index is 830. The minimum absolute atomic E-state index is 0.0327. The molecule has 10 heteroatoms. The van der Waals surface area contributed by atoms with Crippen molar-refractivity contribution < 1.29 is 22.4 Å². The lowest BCUT2D eigenvalue weighted by atomic mass is 10.2. The van der Waals surface area contributed by atoms with Crippen LogP contribution in [0.1, 0.15) is 6.92 Å². The highest BCUT2D eigenvalue weighted by molar-refractivity contribution is 7.91. The predicted octanol–water partition coefficient (Wildman–Crippen LogP) is 0.357. The first kappa shape index (κ1) is 17.5. The van der Waals surface area contributed by atoms with Crippen LogP contribution in [0.2, 0.25) is 0 Å². The highest BCUT2D eigenvalue weighted by Crippen LogP contribution is 2.21. The van der Waals surface area contributed by atoms with Gasteiger partial charge in [-0.1, -0.05) is 0 Å². The van der Waals surface area contributed by atoms with Gasteiger partial charge in [-0.2, -0.15) is 4.31 Å². The number of aliphatic imine (C=N–C) groups is 1. The number of piperazine rings is 1. The third-order valence-electron chi connectivity index (χ3n) is 4.21. The largest absolute Gasteiger partial charge is 0.369 e. The van der Waals surface area contributed by atoms with Gasteiger partial charge in [0.1, 0.15) is 5.82 Å². The Kier molecular flexibility index (Phi) is 4.56. The lowest BCUT2D eigenvalue weighted by Crippen LogP contribution is -2.57. The fourth-order valence-electron chi connectivity index (χ4n) is 2.96. The molecule has 1 N–H and O–H groups in total. The van der Waals surface area contributed by atoms with E-state index in [2.05, 4.69) is 4.99 Å². The number of amides is 3. The van der Waals surface area contributed by atoms with Crippen molar-refractivity contribution in [1.29, 1.82) is 0 Å². The average Bonchev–Trinajstić information content (AvgIpc) is 2.54. The normalized spacial score (nSPS) is 22.6. The molecule has 0 aliphatic carbocycles. The third kappa shape index (κ3) is 3.40. The molecule has 0 spiro atoms. The zero-order valence-electron chi connectivity index (χ0n) is 13.5. The van der Waals surface area contributed by atoms with Gasteiger partial charge in [-0.05, 0) is 31.2 Å². The van der Waals surface area contributed by atoms with Gasteiger partial charge in [0.25, 0.3) is 5.91 Å². The molecule has 3 rings (SSSR count). The summed E-state index contributed by atoms with van der Waals surface area (Å²) >= 11 is 0. The molecular formula is C15H17FN4O4S. The van der Waals surface area contributed by atoms with Gasteiger partial charge in [-0.3, -0.25) is 10.1 Å². The van der Waals surface area contributed by atoms with Crippen molar-refractivity contribution in [2.75, 3.05) is 31.1 Å². The van der Waals surface area contributed by atoms with Gasteiger partial charge in [0.05, 0.1) is 0 Å².